The third-order valence-corrected chi connectivity index (χ3v) is 4.59. The van der Waals surface area contributed by atoms with Crippen LogP contribution in [0, 0.1) is 12.8 Å². The van der Waals surface area contributed by atoms with E-state index in [-0.39, 0.29) is 0 Å². The van der Waals surface area contributed by atoms with E-state index < -0.39 is 0 Å². The van der Waals surface area contributed by atoms with Crippen molar-refractivity contribution in [3.05, 3.63) is 35.2 Å². The summed E-state index contributed by atoms with van der Waals surface area (Å²) in [6, 6.07) is 5.10. The van der Waals surface area contributed by atoms with Crippen LogP contribution in [0.15, 0.2) is 23.9 Å². The Bertz CT molecular complexity index is 451. The second kappa shape index (κ2) is 6.53. The van der Waals surface area contributed by atoms with Gasteiger partial charge in [-0.15, -0.1) is 0 Å². The molecule has 2 aliphatic carbocycles. The third-order valence-electron chi connectivity index (χ3n) is 4.59. The lowest BCUT2D eigenvalue weighted by Crippen LogP contribution is -2.24. The van der Waals surface area contributed by atoms with Crippen LogP contribution in [0.5, 0.6) is 0 Å². The van der Waals surface area contributed by atoms with Crippen molar-refractivity contribution in [3.8, 4) is 0 Å². The summed E-state index contributed by atoms with van der Waals surface area (Å²) in [5, 5.41) is 3.70. The van der Waals surface area contributed by atoms with Crippen LogP contribution in [-0.4, -0.2) is 17.6 Å². The molecule has 2 fully saturated rings. The number of hydrogen-bond acceptors (Lipinski definition) is 2. The van der Waals surface area contributed by atoms with Gasteiger partial charge in [0.25, 0.3) is 0 Å². The van der Waals surface area contributed by atoms with E-state index >= 15 is 0 Å². The molecule has 1 aromatic rings. The minimum absolute atomic E-state index is 0.788. The van der Waals surface area contributed by atoms with Crippen LogP contribution < -0.4 is 5.32 Å². The highest BCUT2D eigenvalue weighted by molar-refractivity contribution is 5.53. The second-order valence-corrected chi connectivity index (χ2v) is 6.44. The van der Waals surface area contributed by atoms with Gasteiger partial charge in [-0.3, -0.25) is 4.98 Å². The minimum Gasteiger partial charge on any atom is -0.310 e. The number of hydrogen-bond donors (Lipinski definition) is 1. The highest BCUT2D eigenvalue weighted by Gasteiger charge is 2.23. The van der Waals surface area contributed by atoms with Crippen LogP contribution in [-0.2, 0) is 0 Å². The molecule has 0 saturated heterocycles. The Kier molecular flexibility index (Phi) is 4.51. The minimum atomic E-state index is 0.788. The van der Waals surface area contributed by atoms with E-state index in [1.54, 1.807) is 5.57 Å². The van der Waals surface area contributed by atoms with Gasteiger partial charge in [0.15, 0.2) is 0 Å². The average molecular weight is 270 g/mol. The maximum Gasteiger partial charge on any atom is 0.0373 e. The third kappa shape index (κ3) is 3.92. The number of rotatable bonds is 5. The molecule has 0 aromatic carbocycles. The lowest BCUT2D eigenvalue weighted by atomic mass is 9.83. The number of aromatic nitrogens is 1. The molecule has 0 amide bonds. The van der Waals surface area contributed by atoms with Crippen LogP contribution in [0.3, 0.4) is 0 Å². The molecule has 3 rings (SSSR count). The number of aryl methyl sites for hydroxylation is 1. The van der Waals surface area contributed by atoms with Crippen LogP contribution in [0.25, 0.3) is 6.08 Å². The Hall–Kier alpha value is -1.15. The molecule has 0 unspecified atom stereocenters. The second-order valence-electron chi connectivity index (χ2n) is 6.44. The molecule has 2 heteroatoms. The Labute approximate surface area is 122 Å². The molecule has 108 valence electrons. The van der Waals surface area contributed by atoms with Gasteiger partial charge in [0.2, 0.25) is 0 Å². The van der Waals surface area contributed by atoms with Gasteiger partial charge in [-0.2, -0.15) is 0 Å². The standard InChI is InChI=1S/C18H26N2/c1-14-7-8-15(12-19-14)11-17(13-20-18-9-10-18)16-5-3-2-4-6-16/h7-8,11-12,16,18,20H,2-6,9-10,13H2,1H3/b17-11-. The molecule has 0 spiro atoms. The van der Waals surface area contributed by atoms with E-state index in [1.165, 1.54) is 50.5 Å². The summed E-state index contributed by atoms with van der Waals surface area (Å²) in [4.78, 5) is 4.42. The fourth-order valence-corrected chi connectivity index (χ4v) is 3.11. The summed E-state index contributed by atoms with van der Waals surface area (Å²) in [6.07, 6.45) is 14.1. The molecule has 1 N–H and O–H groups in total. The summed E-state index contributed by atoms with van der Waals surface area (Å²) in [5.41, 5.74) is 3.95. The monoisotopic (exact) mass is 270 g/mol. The number of nitrogens with zero attached hydrogens (tertiary/aromatic N) is 1. The summed E-state index contributed by atoms with van der Waals surface area (Å²) < 4.78 is 0. The first-order chi connectivity index (χ1) is 9.81. The molecule has 20 heavy (non-hydrogen) atoms. The number of pyridine rings is 1. The maximum absolute atomic E-state index is 4.42. The van der Waals surface area contributed by atoms with Crippen molar-refractivity contribution in [1.29, 1.82) is 0 Å². The molecule has 2 saturated carbocycles. The van der Waals surface area contributed by atoms with Crippen LogP contribution in [0.4, 0.5) is 0 Å². The van der Waals surface area contributed by atoms with Gasteiger partial charge < -0.3 is 5.32 Å². The van der Waals surface area contributed by atoms with E-state index in [2.05, 4.69) is 28.5 Å². The molecule has 0 atom stereocenters. The fraction of sp³-hybridized carbons (Fsp3) is 0.611. The Morgan fingerprint density at radius 3 is 2.65 bits per heavy atom. The Morgan fingerprint density at radius 1 is 1.20 bits per heavy atom. The van der Waals surface area contributed by atoms with Crippen LogP contribution >= 0.6 is 0 Å². The summed E-state index contributed by atoms with van der Waals surface area (Å²) in [5.74, 6) is 0.788. The van der Waals surface area contributed by atoms with Gasteiger partial charge in [-0.25, -0.2) is 0 Å². The highest BCUT2D eigenvalue weighted by atomic mass is 14.9. The van der Waals surface area contributed by atoms with Crippen molar-refractivity contribution in [2.24, 2.45) is 5.92 Å². The molecule has 0 radical (unpaired) electrons. The summed E-state index contributed by atoms with van der Waals surface area (Å²) in [7, 11) is 0. The van der Waals surface area contributed by atoms with Gasteiger partial charge in [-0.05, 0) is 50.2 Å². The van der Waals surface area contributed by atoms with Gasteiger partial charge in [0.05, 0.1) is 0 Å². The van der Waals surface area contributed by atoms with Crippen molar-refractivity contribution in [3.63, 3.8) is 0 Å². The Morgan fingerprint density at radius 2 is 2.00 bits per heavy atom. The molecule has 2 aliphatic rings. The van der Waals surface area contributed by atoms with Crippen molar-refractivity contribution < 1.29 is 0 Å². The smallest absolute Gasteiger partial charge is 0.0373 e. The molecular formula is C18H26N2. The maximum atomic E-state index is 4.42. The molecule has 0 aliphatic heterocycles. The van der Waals surface area contributed by atoms with E-state index in [4.69, 9.17) is 0 Å². The normalized spacial score (nSPS) is 21.1. The van der Waals surface area contributed by atoms with Crippen LogP contribution in [0.2, 0.25) is 0 Å². The van der Waals surface area contributed by atoms with Crippen molar-refractivity contribution in [2.75, 3.05) is 6.54 Å². The molecule has 1 heterocycles. The van der Waals surface area contributed by atoms with Gasteiger partial charge in [0, 0.05) is 24.5 Å². The zero-order chi connectivity index (χ0) is 13.8. The van der Waals surface area contributed by atoms with Crippen molar-refractivity contribution in [1.82, 2.24) is 10.3 Å². The predicted octanol–water partition coefficient (Wildman–Crippen LogP) is 4.11. The molecule has 0 bridgehead atoms. The Balaban J connectivity index is 1.73. The first-order valence-electron chi connectivity index (χ1n) is 8.18. The van der Waals surface area contributed by atoms with E-state index in [1.807, 2.05) is 13.1 Å². The van der Waals surface area contributed by atoms with Gasteiger partial charge >= 0.3 is 0 Å². The first kappa shape index (κ1) is 13.8. The lowest BCUT2D eigenvalue weighted by molar-refractivity contribution is 0.396. The summed E-state index contributed by atoms with van der Waals surface area (Å²) >= 11 is 0. The van der Waals surface area contributed by atoms with Crippen molar-refractivity contribution in [2.45, 2.75) is 57.9 Å². The fourth-order valence-electron chi connectivity index (χ4n) is 3.11. The van der Waals surface area contributed by atoms with E-state index in [9.17, 15) is 0 Å². The molecule has 2 nitrogen and oxygen atoms in total. The first-order valence-corrected chi connectivity index (χ1v) is 8.18. The topological polar surface area (TPSA) is 24.9 Å². The lowest BCUT2D eigenvalue weighted by Gasteiger charge is -2.25. The van der Waals surface area contributed by atoms with Gasteiger partial charge in [0.1, 0.15) is 0 Å². The zero-order valence-electron chi connectivity index (χ0n) is 12.6. The van der Waals surface area contributed by atoms with Gasteiger partial charge in [-0.1, -0.05) is 37.0 Å². The highest BCUT2D eigenvalue weighted by Crippen LogP contribution is 2.31. The molecule has 1 aromatic heterocycles. The largest absolute Gasteiger partial charge is 0.310 e. The van der Waals surface area contributed by atoms with E-state index in [0.717, 1.165) is 24.2 Å². The quantitative estimate of drug-likeness (QED) is 0.871. The SMILES string of the molecule is Cc1ccc(/C=C(/CNC2CC2)C2CCCCC2)cn1. The predicted molar refractivity (Wildman–Crippen MR) is 84.6 cm³/mol. The zero-order valence-corrected chi connectivity index (χ0v) is 12.6. The van der Waals surface area contributed by atoms with Crippen LogP contribution in [0.1, 0.15) is 56.2 Å². The molecular weight excluding hydrogens is 244 g/mol. The van der Waals surface area contributed by atoms with E-state index in [0.29, 0.717) is 0 Å². The number of nitrogens with one attached hydrogen (secondary N) is 1. The average Bonchev–Trinajstić information content (AvgIpc) is 3.31. The summed E-state index contributed by atoms with van der Waals surface area (Å²) in [6.45, 7) is 3.12. The van der Waals surface area contributed by atoms with Crippen molar-refractivity contribution >= 4 is 6.08 Å².